The number of benzene rings is 1. The van der Waals surface area contributed by atoms with Gasteiger partial charge in [-0.15, -0.1) is 0 Å². The maximum Gasteiger partial charge on any atom is 0.227 e. The van der Waals surface area contributed by atoms with Crippen LogP contribution in [0.25, 0.3) is 10.9 Å². The molecule has 5 nitrogen and oxygen atoms in total. The average Bonchev–Trinajstić information content (AvgIpc) is 2.80. The smallest absolute Gasteiger partial charge is 0.227 e. The van der Waals surface area contributed by atoms with Crippen LogP contribution < -0.4 is 5.32 Å². The molecule has 110 valence electrons. The molecule has 2 bridgehead atoms. The number of amides is 1. The van der Waals surface area contributed by atoms with Crippen molar-refractivity contribution in [3.8, 4) is 0 Å². The Morgan fingerprint density at radius 1 is 1.24 bits per heavy atom. The molecule has 1 amide bonds. The maximum atomic E-state index is 12.0. The van der Waals surface area contributed by atoms with Crippen LogP contribution in [0.5, 0.6) is 0 Å². The quantitative estimate of drug-likeness (QED) is 0.869. The molecule has 2 aromatic rings. The lowest BCUT2D eigenvalue weighted by molar-refractivity contribution is -0.125. The van der Waals surface area contributed by atoms with E-state index in [1.165, 1.54) is 16.5 Å². The number of rotatable bonds is 2. The summed E-state index contributed by atoms with van der Waals surface area (Å²) in [4.78, 5) is 17.7. The molecule has 2 aliphatic heterocycles. The lowest BCUT2D eigenvalue weighted by Crippen LogP contribution is -2.41. The van der Waals surface area contributed by atoms with Gasteiger partial charge >= 0.3 is 0 Å². The number of H-pyrrole nitrogens is 1. The highest BCUT2D eigenvalue weighted by atomic mass is 16.5. The first-order chi connectivity index (χ1) is 10.3. The fraction of sp³-hybridized carbons (Fsp3) is 0.438. The molecule has 2 aliphatic rings. The second kappa shape index (κ2) is 5.16. The van der Waals surface area contributed by atoms with E-state index in [9.17, 15) is 4.79 Å². The Labute approximate surface area is 123 Å². The number of carbonyl (C=O) groups is 1. The Bertz CT molecular complexity index is 666. The first kappa shape index (κ1) is 12.9. The minimum atomic E-state index is -0.0528. The van der Waals surface area contributed by atoms with E-state index in [0.29, 0.717) is 13.2 Å². The van der Waals surface area contributed by atoms with Crippen molar-refractivity contribution < 1.29 is 9.53 Å². The summed E-state index contributed by atoms with van der Waals surface area (Å²) in [5.41, 5.74) is 2.47. The van der Waals surface area contributed by atoms with Gasteiger partial charge in [0.1, 0.15) is 0 Å². The van der Waals surface area contributed by atoms with Crippen molar-refractivity contribution in [2.24, 2.45) is 5.92 Å². The third-order valence-corrected chi connectivity index (χ3v) is 4.39. The lowest BCUT2D eigenvalue weighted by atomic mass is 10.1. The number of aromatic amines is 1. The van der Waals surface area contributed by atoms with Gasteiger partial charge in [0.15, 0.2) is 0 Å². The molecule has 0 spiro atoms. The van der Waals surface area contributed by atoms with E-state index in [4.69, 9.17) is 4.74 Å². The molecule has 0 radical (unpaired) electrons. The SMILES string of the molecule is O=C1N[C@@H]2COC[C@H]1CN(Cc1cccc3[nH]ccc13)C2. The van der Waals surface area contributed by atoms with Gasteiger partial charge in [-0.25, -0.2) is 0 Å². The third-order valence-electron chi connectivity index (χ3n) is 4.39. The second-order valence-corrected chi connectivity index (χ2v) is 5.99. The molecule has 4 rings (SSSR count). The predicted molar refractivity (Wildman–Crippen MR) is 79.8 cm³/mol. The largest absolute Gasteiger partial charge is 0.378 e. The molecule has 1 aromatic carbocycles. The zero-order chi connectivity index (χ0) is 14.2. The monoisotopic (exact) mass is 285 g/mol. The maximum absolute atomic E-state index is 12.0. The molecular formula is C16H19N3O2. The normalized spacial score (nSPS) is 26.6. The third kappa shape index (κ3) is 2.43. The molecule has 2 atom stereocenters. The van der Waals surface area contributed by atoms with Crippen LogP contribution in [0.2, 0.25) is 0 Å². The number of hydrogen-bond donors (Lipinski definition) is 2. The summed E-state index contributed by atoms with van der Waals surface area (Å²) in [6.07, 6.45) is 1.98. The summed E-state index contributed by atoms with van der Waals surface area (Å²) in [6.45, 7) is 3.64. The van der Waals surface area contributed by atoms with Crippen LogP contribution in [-0.2, 0) is 16.1 Å². The van der Waals surface area contributed by atoms with Gasteiger partial charge in [0.05, 0.1) is 25.2 Å². The number of nitrogens with one attached hydrogen (secondary N) is 2. The minimum absolute atomic E-state index is 0.0528. The van der Waals surface area contributed by atoms with E-state index in [-0.39, 0.29) is 17.9 Å². The Morgan fingerprint density at radius 2 is 2.19 bits per heavy atom. The van der Waals surface area contributed by atoms with Crippen LogP contribution in [-0.4, -0.2) is 48.1 Å². The van der Waals surface area contributed by atoms with Crippen LogP contribution in [0.3, 0.4) is 0 Å². The van der Waals surface area contributed by atoms with Crippen molar-refractivity contribution in [1.29, 1.82) is 0 Å². The summed E-state index contributed by atoms with van der Waals surface area (Å²) in [5.74, 6) is 0.0859. The van der Waals surface area contributed by atoms with Crippen LogP contribution in [0.4, 0.5) is 0 Å². The first-order valence-corrected chi connectivity index (χ1v) is 7.45. The number of aromatic nitrogens is 1. The topological polar surface area (TPSA) is 57.4 Å². The van der Waals surface area contributed by atoms with Crippen molar-refractivity contribution in [3.63, 3.8) is 0 Å². The van der Waals surface area contributed by atoms with Crippen LogP contribution in [0.15, 0.2) is 30.5 Å². The average molecular weight is 285 g/mol. The minimum Gasteiger partial charge on any atom is -0.378 e. The van der Waals surface area contributed by atoms with Crippen molar-refractivity contribution in [2.45, 2.75) is 12.6 Å². The van der Waals surface area contributed by atoms with Crippen LogP contribution >= 0.6 is 0 Å². The lowest BCUT2D eigenvalue weighted by Gasteiger charge is -2.27. The molecule has 2 N–H and O–H groups in total. The summed E-state index contributed by atoms with van der Waals surface area (Å²) < 4.78 is 5.57. The van der Waals surface area contributed by atoms with E-state index in [1.54, 1.807) is 0 Å². The van der Waals surface area contributed by atoms with E-state index in [0.717, 1.165) is 19.6 Å². The number of hydrogen-bond acceptors (Lipinski definition) is 3. The molecule has 21 heavy (non-hydrogen) atoms. The van der Waals surface area contributed by atoms with Gasteiger partial charge in [0.2, 0.25) is 5.91 Å². The van der Waals surface area contributed by atoms with Gasteiger partial charge in [-0.1, -0.05) is 12.1 Å². The Kier molecular flexibility index (Phi) is 3.16. The highest BCUT2D eigenvalue weighted by molar-refractivity contribution is 5.83. The predicted octanol–water partition coefficient (Wildman–Crippen LogP) is 1.11. The molecule has 0 unspecified atom stereocenters. The summed E-state index contributed by atoms with van der Waals surface area (Å²) in [7, 11) is 0. The Morgan fingerprint density at radius 3 is 3.14 bits per heavy atom. The Balaban J connectivity index is 1.59. The van der Waals surface area contributed by atoms with Gasteiger partial charge in [0, 0.05) is 36.7 Å². The van der Waals surface area contributed by atoms with Crippen molar-refractivity contribution >= 4 is 16.8 Å². The molecule has 0 aliphatic carbocycles. The van der Waals surface area contributed by atoms with Gasteiger partial charge in [0.25, 0.3) is 0 Å². The highest BCUT2D eigenvalue weighted by Gasteiger charge is 2.33. The van der Waals surface area contributed by atoms with E-state index >= 15 is 0 Å². The molecule has 5 heteroatoms. The van der Waals surface area contributed by atoms with Crippen LogP contribution in [0.1, 0.15) is 5.56 Å². The molecule has 1 aromatic heterocycles. The van der Waals surface area contributed by atoms with Gasteiger partial charge < -0.3 is 15.0 Å². The Hall–Kier alpha value is -1.85. The number of ether oxygens (including phenoxy) is 1. The fourth-order valence-corrected chi connectivity index (χ4v) is 3.38. The van der Waals surface area contributed by atoms with Crippen LogP contribution in [0, 0.1) is 5.92 Å². The van der Waals surface area contributed by atoms with Crippen molar-refractivity contribution in [3.05, 3.63) is 36.0 Å². The van der Waals surface area contributed by atoms with Crippen molar-refractivity contribution in [2.75, 3.05) is 26.3 Å². The van der Waals surface area contributed by atoms with Gasteiger partial charge in [-0.3, -0.25) is 9.69 Å². The summed E-state index contributed by atoms with van der Waals surface area (Å²) in [5, 5.41) is 4.34. The zero-order valence-electron chi connectivity index (χ0n) is 11.8. The first-order valence-electron chi connectivity index (χ1n) is 7.45. The van der Waals surface area contributed by atoms with E-state index in [2.05, 4.69) is 39.5 Å². The van der Waals surface area contributed by atoms with E-state index in [1.807, 2.05) is 6.20 Å². The number of nitrogens with zero attached hydrogens (tertiary/aromatic N) is 1. The standard InChI is InChI=1S/C16H19N3O2/c20-16-12-7-19(8-13(18-16)10-21-9-12)6-11-2-1-3-15-14(11)4-5-17-15/h1-5,12-13,17H,6-10H2,(H,18,20)/t12-,13+/m1/s1. The summed E-state index contributed by atoms with van der Waals surface area (Å²) >= 11 is 0. The van der Waals surface area contributed by atoms with E-state index < -0.39 is 0 Å². The zero-order valence-corrected chi connectivity index (χ0v) is 11.8. The second-order valence-electron chi connectivity index (χ2n) is 5.99. The molecule has 3 heterocycles. The molecule has 0 saturated carbocycles. The fourth-order valence-electron chi connectivity index (χ4n) is 3.38. The summed E-state index contributed by atoms with van der Waals surface area (Å²) in [6, 6.07) is 8.57. The molecule has 2 saturated heterocycles. The van der Waals surface area contributed by atoms with Gasteiger partial charge in [-0.2, -0.15) is 0 Å². The van der Waals surface area contributed by atoms with Crippen molar-refractivity contribution in [1.82, 2.24) is 15.2 Å². The van der Waals surface area contributed by atoms with Gasteiger partial charge in [-0.05, 0) is 17.7 Å². The molecular weight excluding hydrogens is 266 g/mol. The highest BCUT2D eigenvalue weighted by Crippen LogP contribution is 2.21. The molecule has 2 fully saturated rings. The number of carbonyl (C=O) groups excluding carboxylic acids is 1. The number of fused-ring (bicyclic) bond motifs is 4.